The molecule has 2 N–H and O–H groups in total. The second-order valence-corrected chi connectivity index (χ2v) is 5.19. The standard InChI is InChI=1S/C15H11BrFNO/c16-11-7-10(5-6-12(11)17)15(18)14-8-9-3-1-2-4-13(9)19-14/h1-8,15H,18H2. The Kier molecular flexibility index (Phi) is 3.12. The SMILES string of the molecule is NC(c1ccc(F)c(Br)c1)c1cc2ccccc2o1. The summed E-state index contributed by atoms with van der Waals surface area (Å²) in [5.41, 5.74) is 7.76. The van der Waals surface area contributed by atoms with E-state index in [2.05, 4.69) is 15.9 Å². The highest BCUT2D eigenvalue weighted by atomic mass is 79.9. The average molecular weight is 320 g/mol. The van der Waals surface area contributed by atoms with Crippen LogP contribution in [0, 0.1) is 5.82 Å². The molecular weight excluding hydrogens is 309 g/mol. The first-order chi connectivity index (χ1) is 9.15. The lowest BCUT2D eigenvalue weighted by Crippen LogP contribution is -2.10. The molecule has 1 atom stereocenters. The van der Waals surface area contributed by atoms with Crippen LogP contribution < -0.4 is 5.73 Å². The summed E-state index contributed by atoms with van der Waals surface area (Å²) < 4.78 is 19.3. The third-order valence-corrected chi connectivity index (χ3v) is 3.66. The van der Waals surface area contributed by atoms with E-state index in [1.54, 1.807) is 12.1 Å². The molecule has 2 aromatic carbocycles. The molecule has 0 aliphatic heterocycles. The second-order valence-electron chi connectivity index (χ2n) is 4.34. The van der Waals surface area contributed by atoms with Crippen LogP contribution in [0.2, 0.25) is 0 Å². The summed E-state index contributed by atoms with van der Waals surface area (Å²) in [7, 11) is 0. The first-order valence-corrected chi connectivity index (χ1v) is 6.63. The lowest BCUT2D eigenvalue weighted by molar-refractivity contribution is 0.524. The monoisotopic (exact) mass is 319 g/mol. The van der Waals surface area contributed by atoms with Gasteiger partial charge in [0.25, 0.3) is 0 Å². The van der Waals surface area contributed by atoms with E-state index in [0.717, 1.165) is 16.5 Å². The van der Waals surface area contributed by atoms with E-state index in [9.17, 15) is 4.39 Å². The van der Waals surface area contributed by atoms with Gasteiger partial charge in [0, 0.05) is 5.39 Å². The van der Waals surface area contributed by atoms with Gasteiger partial charge >= 0.3 is 0 Å². The van der Waals surface area contributed by atoms with E-state index in [1.807, 2.05) is 30.3 Å². The Morgan fingerprint density at radius 2 is 1.89 bits per heavy atom. The topological polar surface area (TPSA) is 39.2 Å². The van der Waals surface area contributed by atoms with Crippen LogP contribution in [0.25, 0.3) is 11.0 Å². The predicted molar refractivity (Wildman–Crippen MR) is 76.3 cm³/mol. The summed E-state index contributed by atoms with van der Waals surface area (Å²) in [4.78, 5) is 0. The Labute approximate surface area is 118 Å². The van der Waals surface area contributed by atoms with Gasteiger partial charge in [0.2, 0.25) is 0 Å². The number of para-hydroxylation sites is 1. The molecule has 0 fully saturated rings. The fourth-order valence-electron chi connectivity index (χ4n) is 2.03. The third kappa shape index (κ3) is 2.29. The molecule has 3 aromatic rings. The van der Waals surface area contributed by atoms with Crippen LogP contribution in [0.3, 0.4) is 0 Å². The molecule has 0 bridgehead atoms. The smallest absolute Gasteiger partial charge is 0.137 e. The van der Waals surface area contributed by atoms with Gasteiger partial charge in [0.1, 0.15) is 17.2 Å². The van der Waals surface area contributed by atoms with Crippen molar-refractivity contribution >= 4 is 26.9 Å². The van der Waals surface area contributed by atoms with Crippen LogP contribution in [0.15, 0.2) is 57.4 Å². The maximum absolute atomic E-state index is 13.2. The third-order valence-electron chi connectivity index (χ3n) is 3.05. The minimum Gasteiger partial charge on any atom is -0.459 e. The molecule has 96 valence electrons. The van der Waals surface area contributed by atoms with Crippen molar-refractivity contribution < 1.29 is 8.81 Å². The number of hydrogen-bond acceptors (Lipinski definition) is 2. The number of halogens is 2. The van der Waals surface area contributed by atoms with Gasteiger partial charge in [0.05, 0.1) is 10.5 Å². The van der Waals surface area contributed by atoms with Crippen LogP contribution in [-0.2, 0) is 0 Å². The zero-order valence-corrected chi connectivity index (χ0v) is 11.5. The zero-order valence-electron chi connectivity index (χ0n) is 9.94. The lowest BCUT2D eigenvalue weighted by Gasteiger charge is -2.09. The fourth-order valence-corrected chi connectivity index (χ4v) is 2.42. The largest absolute Gasteiger partial charge is 0.459 e. The summed E-state index contributed by atoms with van der Waals surface area (Å²) in [5, 5.41) is 1.01. The van der Waals surface area contributed by atoms with Crippen molar-refractivity contribution in [3.8, 4) is 0 Å². The van der Waals surface area contributed by atoms with Crippen molar-refractivity contribution in [2.75, 3.05) is 0 Å². The summed E-state index contributed by atoms with van der Waals surface area (Å²) >= 11 is 3.16. The quantitative estimate of drug-likeness (QED) is 0.761. The normalized spacial score (nSPS) is 12.8. The minimum absolute atomic E-state index is 0.305. The number of furan rings is 1. The van der Waals surface area contributed by atoms with Gasteiger partial charge in [-0.1, -0.05) is 24.3 Å². The summed E-state index contributed by atoms with van der Waals surface area (Å²) in [6.07, 6.45) is 0. The van der Waals surface area contributed by atoms with Gasteiger partial charge in [-0.25, -0.2) is 4.39 Å². The highest BCUT2D eigenvalue weighted by Crippen LogP contribution is 2.28. The maximum atomic E-state index is 13.2. The molecule has 0 aliphatic rings. The van der Waals surface area contributed by atoms with Crippen molar-refractivity contribution in [2.45, 2.75) is 6.04 Å². The molecule has 0 aliphatic carbocycles. The molecular formula is C15H11BrFNO. The van der Waals surface area contributed by atoms with Crippen molar-refractivity contribution in [3.05, 3.63) is 70.1 Å². The van der Waals surface area contributed by atoms with E-state index in [0.29, 0.717) is 10.2 Å². The molecule has 19 heavy (non-hydrogen) atoms. The average Bonchev–Trinajstić information content (AvgIpc) is 2.85. The van der Waals surface area contributed by atoms with Crippen LogP contribution >= 0.6 is 15.9 Å². The molecule has 0 spiro atoms. The van der Waals surface area contributed by atoms with Crippen LogP contribution in [0.4, 0.5) is 4.39 Å². The van der Waals surface area contributed by atoms with Gasteiger partial charge in [-0.05, 0) is 45.8 Å². The number of rotatable bonds is 2. The maximum Gasteiger partial charge on any atom is 0.137 e. The van der Waals surface area contributed by atoms with Crippen molar-refractivity contribution in [1.82, 2.24) is 0 Å². The molecule has 0 amide bonds. The van der Waals surface area contributed by atoms with Crippen LogP contribution in [0.1, 0.15) is 17.4 Å². The van der Waals surface area contributed by atoms with Gasteiger partial charge in [0.15, 0.2) is 0 Å². The Balaban J connectivity index is 2.02. The van der Waals surface area contributed by atoms with Crippen molar-refractivity contribution in [3.63, 3.8) is 0 Å². The van der Waals surface area contributed by atoms with E-state index < -0.39 is 6.04 Å². The zero-order chi connectivity index (χ0) is 13.4. The molecule has 4 heteroatoms. The molecule has 2 nitrogen and oxygen atoms in total. The van der Waals surface area contributed by atoms with Gasteiger partial charge < -0.3 is 10.2 Å². The van der Waals surface area contributed by atoms with Gasteiger partial charge in [-0.15, -0.1) is 0 Å². The van der Waals surface area contributed by atoms with Crippen molar-refractivity contribution in [2.24, 2.45) is 5.73 Å². The number of benzene rings is 2. The first kappa shape index (κ1) is 12.4. The number of nitrogens with two attached hydrogens (primary N) is 1. The molecule has 0 saturated carbocycles. The van der Waals surface area contributed by atoms with E-state index in [-0.39, 0.29) is 5.82 Å². The summed E-state index contributed by atoms with van der Waals surface area (Å²) in [6, 6.07) is 14.0. The summed E-state index contributed by atoms with van der Waals surface area (Å²) in [6.45, 7) is 0. The Morgan fingerprint density at radius 1 is 1.11 bits per heavy atom. The number of fused-ring (bicyclic) bond motifs is 1. The van der Waals surface area contributed by atoms with E-state index >= 15 is 0 Å². The minimum atomic E-state index is -0.413. The second kappa shape index (κ2) is 4.79. The molecule has 1 aromatic heterocycles. The molecule has 3 rings (SSSR count). The molecule has 1 unspecified atom stereocenters. The number of hydrogen-bond donors (Lipinski definition) is 1. The molecule has 0 radical (unpaired) electrons. The first-order valence-electron chi connectivity index (χ1n) is 5.84. The Bertz CT molecular complexity index is 705. The lowest BCUT2D eigenvalue weighted by atomic mass is 10.1. The van der Waals surface area contributed by atoms with Crippen molar-refractivity contribution in [1.29, 1.82) is 0 Å². The fraction of sp³-hybridized carbons (Fsp3) is 0.0667. The molecule has 1 heterocycles. The highest BCUT2D eigenvalue weighted by molar-refractivity contribution is 9.10. The Morgan fingerprint density at radius 3 is 2.63 bits per heavy atom. The predicted octanol–water partition coefficient (Wildman–Crippen LogP) is 4.38. The van der Waals surface area contributed by atoms with Crippen LogP contribution in [0.5, 0.6) is 0 Å². The van der Waals surface area contributed by atoms with E-state index in [4.69, 9.17) is 10.2 Å². The van der Waals surface area contributed by atoms with Gasteiger partial charge in [-0.3, -0.25) is 0 Å². The highest BCUT2D eigenvalue weighted by Gasteiger charge is 2.15. The molecule has 0 saturated heterocycles. The summed E-state index contributed by atoms with van der Waals surface area (Å²) in [5.74, 6) is 0.361. The Hall–Kier alpha value is -1.65. The van der Waals surface area contributed by atoms with Crippen LogP contribution in [-0.4, -0.2) is 0 Å². The van der Waals surface area contributed by atoms with Gasteiger partial charge in [-0.2, -0.15) is 0 Å². The van der Waals surface area contributed by atoms with E-state index in [1.165, 1.54) is 6.07 Å².